The van der Waals surface area contributed by atoms with Gasteiger partial charge >= 0.3 is 5.97 Å². The van der Waals surface area contributed by atoms with E-state index in [4.69, 9.17) is 9.84 Å². The molecule has 98 valence electrons. The Morgan fingerprint density at radius 1 is 1.47 bits per heavy atom. The van der Waals surface area contributed by atoms with Crippen molar-refractivity contribution in [3.05, 3.63) is 0 Å². The number of methoxy groups -OCH3 is 1. The second kappa shape index (κ2) is 6.00. The smallest absolute Gasteiger partial charge is 0.303 e. The Hall–Kier alpha value is -1.10. The topological polar surface area (TPSA) is 75.6 Å². The largest absolute Gasteiger partial charge is 0.481 e. The number of hydrogen-bond acceptors (Lipinski definition) is 3. The number of aliphatic carboxylic acids is 1. The molecule has 0 radical (unpaired) electrons. The second-order valence-corrected chi connectivity index (χ2v) is 4.94. The lowest BCUT2D eigenvalue weighted by atomic mass is 10.0. The first-order valence-corrected chi connectivity index (χ1v) is 5.99. The third-order valence-electron chi connectivity index (χ3n) is 3.25. The van der Waals surface area contributed by atoms with E-state index >= 15 is 0 Å². The predicted octanol–water partition coefficient (Wildman–Crippen LogP) is 1.03. The predicted molar refractivity (Wildman–Crippen MR) is 62.6 cm³/mol. The molecule has 1 aliphatic carbocycles. The van der Waals surface area contributed by atoms with E-state index in [1.165, 1.54) is 0 Å². The van der Waals surface area contributed by atoms with Crippen molar-refractivity contribution in [2.24, 2.45) is 11.3 Å². The summed E-state index contributed by atoms with van der Waals surface area (Å²) in [7, 11) is 1.63. The molecule has 1 unspecified atom stereocenters. The number of carbonyl (C=O) groups excluding carboxylic acids is 1. The number of carbonyl (C=O) groups is 2. The van der Waals surface area contributed by atoms with Gasteiger partial charge < -0.3 is 15.2 Å². The molecule has 0 heterocycles. The molecule has 0 aromatic carbocycles. The Labute approximate surface area is 102 Å². The molecular weight excluding hydrogens is 222 g/mol. The van der Waals surface area contributed by atoms with Crippen molar-refractivity contribution in [3.63, 3.8) is 0 Å². The molecule has 1 amide bonds. The Kier molecular flexibility index (Phi) is 4.93. The third kappa shape index (κ3) is 4.34. The molecule has 0 aromatic rings. The summed E-state index contributed by atoms with van der Waals surface area (Å²) in [5.41, 5.74) is -0.237. The van der Waals surface area contributed by atoms with E-state index in [1.54, 1.807) is 7.11 Å². The van der Waals surface area contributed by atoms with E-state index in [1.807, 2.05) is 6.92 Å². The number of carboxylic acids is 1. The van der Waals surface area contributed by atoms with E-state index < -0.39 is 5.97 Å². The van der Waals surface area contributed by atoms with Gasteiger partial charge in [0.25, 0.3) is 0 Å². The molecular formula is C12H21NO4. The number of rotatable bonds is 8. The van der Waals surface area contributed by atoms with Gasteiger partial charge in [-0.2, -0.15) is 0 Å². The summed E-state index contributed by atoms with van der Waals surface area (Å²) in [6.07, 6.45) is 2.67. The first-order chi connectivity index (χ1) is 8.00. The molecule has 0 aromatic heterocycles. The highest BCUT2D eigenvalue weighted by molar-refractivity contribution is 5.85. The van der Waals surface area contributed by atoms with Crippen molar-refractivity contribution in [1.82, 2.24) is 5.32 Å². The molecule has 5 nitrogen and oxygen atoms in total. The van der Waals surface area contributed by atoms with E-state index in [-0.39, 0.29) is 23.7 Å². The maximum atomic E-state index is 11.9. The van der Waals surface area contributed by atoms with Crippen LogP contribution in [0.3, 0.4) is 0 Å². The van der Waals surface area contributed by atoms with Gasteiger partial charge in [0.2, 0.25) is 5.91 Å². The number of ether oxygens (including phenoxy) is 1. The van der Waals surface area contributed by atoms with Gasteiger partial charge in [-0.3, -0.25) is 9.59 Å². The van der Waals surface area contributed by atoms with Gasteiger partial charge in [-0.05, 0) is 25.2 Å². The molecule has 17 heavy (non-hydrogen) atoms. The number of amides is 1. The summed E-state index contributed by atoms with van der Waals surface area (Å²) in [4.78, 5) is 22.4. The number of hydrogen-bond donors (Lipinski definition) is 2. The normalized spacial score (nSPS) is 18.5. The molecule has 0 saturated heterocycles. The summed E-state index contributed by atoms with van der Waals surface area (Å²) in [6, 6.07) is 0. The lowest BCUT2D eigenvalue weighted by Gasteiger charge is -2.16. The second-order valence-electron chi connectivity index (χ2n) is 4.94. The molecule has 0 bridgehead atoms. The zero-order valence-electron chi connectivity index (χ0n) is 10.5. The minimum absolute atomic E-state index is 0.0327. The van der Waals surface area contributed by atoms with Gasteiger partial charge in [-0.1, -0.05) is 6.92 Å². The van der Waals surface area contributed by atoms with Gasteiger partial charge in [0.1, 0.15) is 0 Å². The standard InChI is InChI=1S/C12H21NO4/c1-9(7-10(14)15)8-13-11(16)12(3-4-12)5-6-17-2/h9H,3-8H2,1-2H3,(H,13,16)(H,14,15). The highest BCUT2D eigenvalue weighted by atomic mass is 16.5. The lowest BCUT2D eigenvalue weighted by molar-refractivity contribution is -0.138. The van der Waals surface area contributed by atoms with Crippen LogP contribution in [0, 0.1) is 11.3 Å². The van der Waals surface area contributed by atoms with Crippen molar-refractivity contribution in [2.75, 3.05) is 20.3 Å². The molecule has 1 rings (SSSR count). The Bertz CT molecular complexity index is 286. The van der Waals surface area contributed by atoms with Crippen molar-refractivity contribution in [2.45, 2.75) is 32.6 Å². The van der Waals surface area contributed by atoms with E-state index in [0.717, 1.165) is 19.3 Å². The van der Waals surface area contributed by atoms with Crippen molar-refractivity contribution >= 4 is 11.9 Å². The number of carboxylic acid groups (broad SMARTS) is 1. The number of nitrogens with one attached hydrogen (secondary N) is 1. The van der Waals surface area contributed by atoms with Crippen LogP contribution in [-0.2, 0) is 14.3 Å². The molecule has 0 aliphatic heterocycles. The Morgan fingerprint density at radius 2 is 2.12 bits per heavy atom. The van der Waals surface area contributed by atoms with Crippen LogP contribution in [0.1, 0.15) is 32.6 Å². The summed E-state index contributed by atoms with van der Waals surface area (Å²) < 4.78 is 4.99. The zero-order chi connectivity index (χ0) is 12.9. The zero-order valence-corrected chi connectivity index (χ0v) is 10.5. The fraction of sp³-hybridized carbons (Fsp3) is 0.833. The molecule has 1 atom stereocenters. The minimum Gasteiger partial charge on any atom is -0.481 e. The van der Waals surface area contributed by atoms with Gasteiger partial charge in [0, 0.05) is 26.7 Å². The quantitative estimate of drug-likeness (QED) is 0.667. The van der Waals surface area contributed by atoms with Crippen LogP contribution in [0.5, 0.6) is 0 Å². The van der Waals surface area contributed by atoms with E-state index in [2.05, 4.69) is 5.32 Å². The molecule has 2 N–H and O–H groups in total. The van der Waals surface area contributed by atoms with Crippen molar-refractivity contribution in [1.29, 1.82) is 0 Å². The maximum absolute atomic E-state index is 11.9. The fourth-order valence-corrected chi connectivity index (χ4v) is 1.86. The van der Waals surface area contributed by atoms with Crippen LogP contribution in [0.15, 0.2) is 0 Å². The van der Waals surface area contributed by atoms with Crippen molar-refractivity contribution in [3.8, 4) is 0 Å². The van der Waals surface area contributed by atoms with E-state index in [9.17, 15) is 9.59 Å². The summed E-state index contributed by atoms with van der Waals surface area (Å²) in [6.45, 7) is 2.85. The minimum atomic E-state index is -0.827. The molecule has 0 spiro atoms. The average Bonchev–Trinajstić information content (AvgIpc) is 3.03. The molecule has 5 heteroatoms. The van der Waals surface area contributed by atoms with Gasteiger partial charge in [0.15, 0.2) is 0 Å². The fourth-order valence-electron chi connectivity index (χ4n) is 1.86. The maximum Gasteiger partial charge on any atom is 0.303 e. The van der Waals surface area contributed by atoms with Gasteiger partial charge in [-0.25, -0.2) is 0 Å². The van der Waals surface area contributed by atoms with Gasteiger partial charge in [0.05, 0.1) is 5.41 Å². The Balaban J connectivity index is 2.27. The van der Waals surface area contributed by atoms with Crippen LogP contribution < -0.4 is 5.32 Å². The third-order valence-corrected chi connectivity index (χ3v) is 3.25. The summed E-state index contributed by atoms with van der Waals surface area (Å²) in [5, 5.41) is 11.4. The summed E-state index contributed by atoms with van der Waals surface area (Å²) >= 11 is 0. The Morgan fingerprint density at radius 3 is 2.59 bits per heavy atom. The van der Waals surface area contributed by atoms with Crippen LogP contribution in [0.2, 0.25) is 0 Å². The summed E-state index contributed by atoms with van der Waals surface area (Å²) in [5.74, 6) is -0.811. The highest BCUT2D eigenvalue weighted by Gasteiger charge is 2.48. The monoisotopic (exact) mass is 243 g/mol. The van der Waals surface area contributed by atoms with Crippen molar-refractivity contribution < 1.29 is 19.4 Å². The molecule has 1 fully saturated rings. The van der Waals surface area contributed by atoms with E-state index in [0.29, 0.717) is 13.2 Å². The molecule has 1 aliphatic rings. The SMILES string of the molecule is COCCC1(C(=O)NCC(C)CC(=O)O)CC1. The van der Waals surface area contributed by atoms with Crippen LogP contribution in [0.4, 0.5) is 0 Å². The molecule has 1 saturated carbocycles. The first-order valence-electron chi connectivity index (χ1n) is 5.99. The van der Waals surface area contributed by atoms with Crippen LogP contribution >= 0.6 is 0 Å². The first kappa shape index (κ1) is 14.0. The average molecular weight is 243 g/mol. The van der Waals surface area contributed by atoms with Crippen LogP contribution in [-0.4, -0.2) is 37.2 Å². The van der Waals surface area contributed by atoms with Gasteiger partial charge in [-0.15, -0.1) is 0 Å². The lowest BCUT2D eigenvalue weighted by Crippen LogP contribution is -2.36. The van der Waals surface area contributed by atoms with Crippen LogP contribution in [0.25, 0.3) is 0 Å². The highest BCUT2D eigenvalue weighted by Crippen LogP contribution is 2.48.